The van der Waals surface area contributed by atoms with Crippen LogP contribution in [0.1, 0.15) is 16.7 Å². The molecule has 0 saturated carbocycles. The van der Waals surface area contributed by atoms with Crippen LogP contribution in [0.4, 0.5) is 5.69 Å². The second-order valence-electron chi connectivity index (χ2n) is 5.79. The molecule has 0 fully saturated rings. The minimum Gasteiger partial charge on any atom is -0.392 e. The highest BCUT2D eigenvalue weighted by Crippen LogP contribution is 2.36. The monoisotopic (exact) mass is 303 g/mol. The van der Waals surface area contributed by atoms with E-state index in [9.17, 15) is 10.2 Å². The van der Waals surface area contributed by atoms with E-state index in [2.05, 4.69) is 35.6 Å². The summed E-state index contributed by atoms with van der Waals surface area (Å²) in [4.78, 5) is 0. The van der Waals surface area contributed by atoms with E-state index in [-0.39, 0.29) is 6.61 Å². The van der Waals surface area contributed by atoms with Crippen molar-refractivity contribution in [2.75, 3.05) is 5.32 Å². The van der Waals surface area contributed by atoms with Crippen LogP contribution < -0.4 is 5.32 Å². The maximum atomic E-state index is 10.3. The molecular weight excluding hydrogens is 286 g/mol. The summed E-state index contributed by atoms with van der Waals surface area (Å²) in [5.74, 6) is 0. The fraction of sp³-hybridized carbons (Fsp3) is 0.100. The van der Waals surface area contributed by atoms with Gasteiger partial charge in [0.05, 0.1) is 6.61 Å². The van der Waals surface area contributed by atoms with Gasteiger partial charge in [0, 0.05) is 16.8 Å². The average molecular weight is 303 g/mol. The summed E-state index contributed by atoms with van der Waals surface area (Å²) in [5.41, 5.74) is 4.54. The van der Waals surface area contributed by atoms with Gasteiger partial charge in [-0.1, -0.05) is 42.5 Å². The number of aliphatic hydroxyl groups is 2. The number of nitrogens with one attached hydrogen (secondary N) is 1. The van der Waals surface area contributed by atoms with Crippen LogP contribution in [0.5, 0.6) is 0 Å². The Balaban J connectivity index is 1.81. The minimum absolute atomic E-state index is 0.00731. The van der Waals surface area contributed by atoms with Crippen molar-refractivity contribution in [3.05, 3.63) is 77.4 Å². The second-order valence-corrected chi connectivity index (χ2v) is 5.79. The van der Waals surface area contributed by atoms with E-state index in [0.717, 1.165) is 28.0 Å². The van der Waals surface area contributed by atoms with E-state index >= 15 is 0 Å². The molecule has 0 bridgehead atoms. The van der Waals surface area contributed by atoms with Crippen LogP contribution in [0.2, 0.25) is 0 Å². The molecule has 1 aliphatic rings. The molecule has 4 rings (SSSR count). The lowest BCUT2D eigenvalue weighted by atomic mass is 10.00. The Kier molecular flexibility index (Phi) is 3.37. The molecule has 0 spiro atoms. The van der Waals surface area contributed by atoms with Crippen LogP contribution in [0.15, 0.2) is 60.7 Å². The van der Waals surface area contributed by atoms with Crippen LogP contribution in [0.25, 0.3) is 22.4 Å². The molecule has 1 atom stereocenters. The van der Waals surface area contributed by atoms with Crippen LogP contribution in [0.3, 0.4) is 0 Å². The normalized spacial score (nSPS) is 18.2. The Hall–Kier alpha value is -2.62. The molecule has 23 heavy (non-hydrogen) atoms. The largest absolute Gasteiger partial charge is 0.392 e. The van der Waals surface area contributed by atoms with Gasteiger partial charge in [-0.05, 0) is 46.2 Å². The molecule has 0 radical (unpaired) electrons. The van der Waals surface area contributed by atoms with Crippen molar-refractivity contribution in [1.29, 1.82) is 0 Å². The van der Waals surface area contributed by atoms with Crippen molar-refractivity contribution in [2.45, 2.75) is 12.8 Å². The summed E-state index contributed by atoms with van der Waals surface area (Å²) in [6, 6.07) is 20.1. The molecule has 114 valence electrons. The maximum Gasteiger partial charge on any atom is 0.151 e. The first-order valence-corrected chi connectivity index (χ1v) is 7.64. The third kappa shape index (κ3) is 2.50. The number of benzene rings is 3. The molecule has 1 heterocycles. The highest BCUT2D eigenvalue weighted by Gasteiger charge is 2.24. The summed E-state index contributed by atoms with van der Waals surface area (Å²) in [6.45, 7) is -0.00731. The lowest BCUT2D eigenvalue weighted by Crippen LogP contribution is -2.12. The van der Waals surface area contributed by atoms with E-state index in [4.69, 9.17) is 0 Å². The second kappa shape index (κ2) is 5.54. The fourth-order valence-electron chi connectivity index (χ4n) is 3.06. The lowest BCUT2D eigenvalue weighted by Gasteiger charge is -2.06. The van der Waals surface area contributed by atoms with Gasteiger partial charge in [0.25, 0.3) is 0 Å². The van der Waals surface area contributed by atoms with Crippen molar-refractivity contribution in [2.24, 2.45) is 0 Å². The number of anilines is 1. The molecule has 1 unspecified atom stereocenters. The van der Waals surface area contributed by atoms with Crippen molar-refractivity contribution < 1.29 is 10.2 Å². The van der Waals surface area contributed by atoms with E-state index in [1.165, 1.54) is 10.8 Å². The molecule has 3 heteroatoms. The van der Waals surface area contributed by atoms with Crippen molar-refractivity contribution >= 4 is 28.1 Å². The molecule has 3 N–H and O–H groups in total. The van der Waals surface area contributed by atoms with E-state index in [1.807, 2.05) is 36.4 Å². The van der Waals surface area contributed by atoms with Gasteiger partial charge in [-0.3, -0.25) is 0 Å². The van der Waals surface area contributed by atoms with Crippen LogP contribution in [0, 0.1) is 0 Å². The van der Waals surface area contributed by atoms with Crippen molar-refractivity contribution in [3.8, 4) is 0 Å². The Morgan fingerprint density at radius 1 is 0.957 bits per heavy atom. The summed E-state index contributed by atoms with van der Waals surface area (Å²) in [7, 11) is 0. The number of fused-ring (bicyclic) bond motifs is 2. The van der Waals surface area contributed by atoms with Gasteiger partial charge >= 0.3 is 0 Å². The molecule has 3 nitrogen and oxygen atoms in total. The predicted molar refractivity (Wildman–Crippen MR) is 93.8 cm³/mol. The molecular formula is C20H17NO2. The first-order chi connectivity index (χ1) is 11.2. The first-order valence-electron chi connectivity index (χ1n) is 7.64. The van der Waals surface area contributed by atoms with E-state index in [0.29, 0.717) is 0 Å². The van der Waals surface area contributed by atoms with E-state index < -0.39 is 6.23 Å². The van der Waals surface area contributed by atoms with Crippen molar-refractivity contribution in [1.82, 2.24) is 0 Å². The average Bonchev–Trinajstić information content (AvgIpc) is 2.89. The molecule has 1 aliphatic heterocycles. The van der Waals surface area contributed by atoms with Crippen LogP contribution in [-0.4, -0.2) is 16.4 Å². The molecule has 3 aromatic carbocycles. The first kappa shape index (κ1) is 14.0. The van der Waals surface area contributed by atoms with Crippen LogP contribution in [-0.2, 0) is 6.61 Å². The summed E-state index contributed by atoms with van der Waals surface area (Å²) in [5, 5.41) is 25.1. The number of hydrogen-bond donors (Lipinski definition) is 3. The van der Waals surface area contributed by atoms with Gasteiger partial charge in [0.1, 0.15) is 0 Å². The SMILES string of the molecule is OCc1ccc2c(c1)C(=Cc1ccc3ccccc3c1)C(O)N2. The molecule has 0 amide bonds. The molecule has 0 saturated heterocycles. The quantitative estimate of drug-likeness (QED) is 0.678. The molecule has 0 aromatic heterocycles. The lowest BCUT2D eigenvalue weighted by molar-refractivity contribution is 0.266. The Morgan fingerprint density at radius 2 is 1.78 bits per heavy atom. The van der Waals surface area contributed by atoms with Gasteiger partial charge in [-0.25, -0.2) is 0 Å². The zero-order valence-electron chi connectivity index (χ0n) is 12.5. The van der Waals surface area contributed by atoms with Crippen molar-refractivity contribution in [3.63, 3.8) is 0 Å². The zero-order valence-corrected chi connectivity index (χ0v) is 12.5. The highest BCUT2D eigenvalue weighted by atomic mass is 16.3. The summed E-state index contributed by atoms with van der Waals surface area (Å²) >= 11 is 0. The fourth-order valence-corrected chi connectivity index (χ4v) is 3.06. The third-order valence-electron chi connectivity index (χ3n) is 4.26. The zero-order chi connectivity index (χ0) is 15.8. The van der Waals surface area contributed by atoms with Gasteiger partial charge < -0.3 is 15.5 Å². The van der Waals surface area contributed by atoms with Gasteiger partial charge in [-0.2, -0.15) is 0 Å². The summed E-state index contributed by atoms with van der Waals surface area (Å²) < 4.78 is 0. The Morgan fingerprint density at radius 3 is 2.61 bits per heavy atom. The standard InChI is InChI=1S/C20H17NO2/c22-12-14-6-8-19-17(11-14)18(20(23)21-19)10-13-5-7-15-3-1-2-4-16(15)9-13/h1-11,20-23H,12H2. The Labute approximate surface area is 134 Å². The Bertz CT molecular complexity index is 914. The third-order valence-corrected chi connectivity index (χ3v) is 4.26. The predicted octanol–water partition coefficient (Wildman–Crippen LogP) is 3.62. The number of aliphatic hydroxyl groups excluding tert-OH is 2. The van der Waals surface area contributed by atoms with Gasteiger partial charge in [-0.15, -0.1) is 0 Å². The maximum absolute atomic E-state index is 10.3. The smallest absolute Gasteiger partial charge is 0.151 e. The highest BCUT2D eigenvalue weighted by molar-refractivity contribution is 5.95. The van der Waals surface area contributed by atoms with Gasteiger partial charge in [0.2, 0.25) is 0 Å². The van der Waals surface area contributed by atoms with Crippen LogP contribution >= 0.6 is 0 Å². The number of hydrogen-bond acceptors (Lipinski definition) is 3. The summed E-state index contributed by atoms with van der Waals surface area (Å²) in [6.07, 6.45) is 1.27. The van der Waals surface area contributed by atoms with Gasteiger partial charge in [0.15, 0.2) is 6.23 Å². The van der Waals surface area contributed by atoms with E-state index in [1.54, 1.807) is 0 Å². The number of rotatable bonds is 2. The topological polar surface area (TPSA) is 52.5 Å². The minimum atomic E-state index is -0.731. The molecule has 3 aromatic rings. The molecule has 0 aliphatic carbocycles.